The first-order chi connectivity index (χ1) is 15.1. The Labute approximate surface area is 182 Å². The Morgan fingerprint density at radius 2 is 1.84 bits per heavy atom. The maximum atomic E-state index is 12.5. The number of nitrogens with zero attached hydrogens (tertiary/aromatic N) is 1. The van der Waals surface area contributed by atoms with Crippen molar-refractivity contribution in [3.8, 4) is 0 Å². The van der Waals surface area contributed by atoms with E-state index in [4.69, 9.17) is 0 Å². The van der Waals surface area contributed by atoms with Crippen molar-refractivity contribution in [3.63, 3.8) is 0 Å². The number of rotatable bonds is 8. The van der Waals surface area contributed by atoms with Gasteiger partial charge in [0.25, 0.3) is 5.91 Å². The second-order valence-corrected chi connectivity index (χ2v) is 8.37. The third kappa shape index (κ3) is 5.51. The Morgan fingerprint density at radius 3 is 2.58 bits per heavy atom. The van der Waals surface area contributed by atoms with Crippen LogP contribution in [-0.4, -0.2) is 27.8 Å². The molecule has 162 valence electrons. The van der Waals surface area contributed by atoms with Gasteiger partial charge in [0.05, 0.1) is 11.0 Å². The van der Waals surface area contributed by atoms with Crippen LogP contribution in [0.3, 0.4) is 0 Å². The zero-order valence-corrected chi connectivity index (χ0v) is 18.0. The predicted octanol–water partition coefficient (Wildman–Crippen LogP) is 4.76. The Hall–Kier alpha value is -3.15. The zero-order valence-electron chi connectivity index (χ0n) is 18.0. The Balaban J connectivity index is 1.35. The highest BCUT2D eigenvalue weighted by Gasteiger charge is 2.18. The van der Waals surface area contributed by atoms with E-state index >= 15 is 0 Å². The van der Waals surface area contributed by atoms with E-state index < -0.39 is 0 Å². The molecule has 1 aliphatic carbocycles. The molecule has 1 aliphatic rings. The van der Waals surface area contributed by atoms with Crippen LogP contribution < -0.4 is 10.6 Å². The minimum absolute atomic E-state index is 0.00364. The quantitative estimate of drug-likeness (QED) is 0.493. The number of carbonyl (C=O) groups is 2. The number of hydrogen-bond donors (Lipinski definition) is 3. The van der Waals surface area contributed by atoms with Crippen LogP contribution in [0.5, 0.6) is 0 Å². The van der Waals surface area contributed by atoms with Crippen LogP contribution in [-0.2, 0) is 17.6 Å². The van der Waals surface area contributed by atoms with E-state index in [-0.39, 0.29) is 11.8 Å². The average Bonchev–Trinajstić information content (AvgIpc) is 3.42. The van der Waals surface area contributed by atoms with Gasteiger partial charge in [-0.1, -0.05) is 31.9 Å². The zero-order chi connectivity index (χ0) is 21.6. The molecule has 6 heteroatoms. The van der Waals surface area contributed by atoms with Gasteiger partial charge < -0.3 is 15.6 Å². The minimum atomic E-state index is -0.00364. The summed E-state index contributed by atoms with van der Waals surface area (Å²) in [7, 11) is 0. The molecular weight excluding hydrogens is 388 g/mol. The van der Waals surface area contributed by atoms with Crippen LogP contribution in [0.25, 0.3) is 11.0 Å². The number of hydrogen-bond acceptors (Lipinski definition) is 3. The fourth-order valence-electron chi connectivity index (χ4n) is 4.13. The van der Waals surface area contributed by atoms with E-state index in [0.29, 0.717) is 18.0 Å². The van der Waals surface area contributed by atoms with Crippen molar-refractivity contribution in [2.24, 2.45) is 0 Å². The summed E-state index contributed by atoms with van der Waals surface area (Å²) in [5.74, 6) is 0.952. The summed E-state index contributed by atoms with van der Waals surface area (Å²) >= 11 is 0. The first-order valence-electron chi connectivity index (χ1n) is 11.3. The lowest BCUT2D eigenvalue weighted by atomic mass is 10.1. The predicted molar refractivity (Wildman–Crippen MR) is 123 cm³/mol. The molecule has 1 aromatic heterocycles. The summed E-state index contributed by atoms with van der Waals surface area (Å²) in [4.78, 5) is 32.2. The molecule has 0 unspecified atom stereocenters. The number of amides is 2. The number of aryl methyl sites for hydroxylation is 2. The van der Waals surface area contributed by atoms with E-state index in [1.165, 1.54) is 18.4 Å². The lowest BCUT2D eigenvalue weighted by Crippen LogP contribution is -2.32. The first kappa shape index (κ1) is 21.1. The molecule has 0 bridgehead atoms. The smallest absolute Gasteiger partial charge is 0.251 e. The van der Waals surface area contributed by atoms with Gasteiger partial charge in [0.2, 0.25) is 5.91 Å². The second-order valence-electron chi connectivity index (χ2n) is 8.37. The van der Waals surface area contributed by atoms with Crippen LogP contribution in [0.4, 0.5) is 5.69 Å². The molecule has 31 heavy (non-hydrogen) atoms. The van der Waals surface area contributed by atoms with Gasteiger partial charge in [0.15, 0.2) is 0 Å². The van der Waals surface area contributed by atoms with E-state index in [2.05, 4.69) is 20.6 Å². The summed E-state index contributed by atoms with van der Waals surface area (Å²) in [5, 5.41) is 6.05. The van der Waals surface area contributed by atoms with Crippen molar-refractivity contribution in [3.05, 3.63) is 59.4 Å². The van der Waals surface area contributed by atoms with Crippen LogP contribution in [0.2, 0.25) is 0 Å². The highest BCUT2D eigenvalue weighted by Crippen LogP contribution is 2.20. The molecule has 3 aromatic rings. The third-order valence-corrected chi connectivity index (χ3v) is 5.85. The SMILES string of the molecule is CCCC(=O)Nc1ccc(CCc2nc3ccc(C(=O)NC4CCCC4)cc3[nH]2)cc1. The summed E-state index contributed by atoms with van der Waals surface area (Å²) in [6, 6.07) is 13.9. The highest BCUT2D eigenvalue weighted by atomic mass is 16.2. The van der Waals surface area contributed by atoms with Crippen LogP contribution in [0, 0.1) is 0 Å². The Kier molecular flexibility index (Phi) is 6.65. The molecular formula is C25H30N4O2. The van der Waals surface area contributed by atoms with Gasteiger partial charge in [-0.15, -0.1) is 0 Å². The number of H-pyrrole nitrogens is 1. The molecule has 6 nitrogen and oxygen atoms in total. The van der Waals surface area contributed by atoms with Gasteiger partial charge in [-0.3, -0.25) is 9.59 Å². The van der Waals surface area contributed by atoms with Crippen molar-refractivity contribution in [1.29, 1.82) is 0 Å². The lowest BCUT2D eigenvalue weighted by Gasteiger charge is -2.11. The van der Waals surface area contributed by atoms with Gasteiger partial charge in [0.1, 0.15) is 5.82 Å². The molecule has 0 radical (unpaired) electrons. The molecule has 0 saturated heterocycles. The van der Waals surface area contributed by atoms with E-state index in [1.807, 2.05) is 49.4 Å². The van der Waals surface area contributed by atoms with Crippen LogP contribution in [0.1, 0.15) is 67.2 Å². The van der Waals surface area contributed by atoms with E-state index in [1.54, 1.807) is 0 Å². The second kappa shape index (κ2) is 9.77. The molecule has 1 fully saturated rings. The lowest BCUT2D eigenvalue weighted by molar-refractivity contribution is -0.116. The third-order valence-electron chi connectivity index (χ3n) is 5.85. The molecule has 1 saturated carbocycles. The minimum Gasteiger partial charge on any atom is -0.349 e. The fourth-order valence-corrected chi connectivity index (χ4v) is 4.13. The standard InChI is InChI=1S/C25H30N4O2/c1-2-5-24(30)26-20-12-8-17(9-13-20)10-15-23-28-21-14-11-18(16-22(21)29-23)25(31)27-19-6-3-4-7-19/h8-9,11-14,16,19H,2-7,10,15H2,1H3,(H,26,30)(H,27,31)(H,28,29). The Bertz CT molecular complexity index is 1050. The Morgan fingerprint density at radius 1 is 1.06 bits per heavy atom. The topological polar surface area (TPSA) is 86.9 Å². The summed E-state index contributed by atoms with van der Waals surface area (Å²) in [5.41, 5.74) is 4.46. The van der Waals surface area contributed by atoms with Gasteiger partial charge >= 0.3 is 0 Å². The van der Waals surface area contributed by atoms with Crippen molar-refractivity contribution in [2.75, 3.05) is 5.32 Å². The summed E-state index contributed by atoms with van der Waals surface area (Å²) in [6.45, 7) is 1.99. The molecule has 2 aromatic carbocycles. The maximum absolute atomic E-state index is 12.5. The van der Waals surface area contributed by atoms with Crippen molar-refractivity contribution in [2.45, 2.75) is 64.3 Å². The molecule has 0 aliphatic heterocycles. The average molecular weight is 419 g/mol. The fraction of sp³-hybridized carbons (Fsp3) is 0.400. The van der Waals surface area contributed by atoms with Crippen molar-refractivity contribution >= 4 is 28.5 Å². The number of nitrogens with one attached hydrogen (secondary N) is 3. The number of carbonyl (C=O) groups excluding carboxylic acids is 2. The number of anilines is 1. The number of fused-ring (bicyclic) bond motifs is 1. The number of aromatic nitrogens is 2. The van der Waals surface area contributed by atoms with Crippen LogP contribution >= 0.6 is 0 Å². The molecule has 3 N–H and O–H groups in total. The molecule has 0 atom stereocenters. The van der Waals surface area contributed by atoms with E-state index in [0.717, 1.165) is 54.6 Å². The maximum Gasteiger partial charge on any atom is 0.251 e. The summed E-state index contributed by atoms with van der Waals surface area (Å²) in [6.07, 6.45) is 7.56. The molecule has 1 heterocycles. The van der Waals surface area contributed by atoms with Crippen molar-refractivity contribution in [1.82, 2.24) is 15.3 Å². The highest BCUT2D eigenvalue weighted by molar-refractivity contribution is 5.97. The van der Waals surface area contributed by atoms with Gasteiger partial charge in [0, 0.05) is 30.1 Å². The monoisotopic (exact) mass is 418 g/mol. The van der Waals surface area contributed by atoms with Gasteiger partial charge in [-0.25, -0.2) is 4.98 Å². The number of benzene rings is 2. The summed E-state index contributed by atoms with van der Waals surface area (Å²) < 4.78 is 0. The largest absolute Gasteiger partial charge is 0.349 e. The number of aromatic amines is 1. The van der Waals surface area contributed by atoms with Gasteiger partial charge in [-0.05, 0) is 61.6 Å². The van der Waals surface area contributed by atoms with Gasteiger partial charge in [-0.2, -0.15) is 0 Å². The number of imidazole rings is 1. The molecule has 0 spiro atoms. The van der Waals surface area contributed by atoms with Crippen LogP contribution in [0.15, 0.2) is 42.5 Å². The normalized spacial score (nSPS) is 14.1. The van der Waals surface area contributed by atoms with E-state index in [9.17, 15) is 9.59 Å². The van der Waals surface area contributed by atoms with Crippen molar-refractivity contribution < 1.29 is 9.59 Å². The molecule has 2 amide bonds. The molecule has 4 rings (SSSR count). The first-order valence-corrected chi connectivity index (χ1v) is 11.3.